The summed E-state index contributed by atoms with van der Waals surface area (Å²) in [6, 6.07) is 0. The van der Waals surface area contributed by atoms with Crippen LogP contribution in [0.2, 0.25) is 0 Å². The highest BCUT2D eigenvalue weighted by atomic mass is 16.4. The van der Waals surface area contributed by atoms with Gasteiger partial charge in [0.2, 0.25) is 0 Å². The number of carboxylic acids is 2. The van der Waals surface area contributed by atoms with Crippen LogP contribution < -0.4 is 0 Å². The summed E-state index contributed by atoms with van der Waals surface area (Å²) >= 11 is 0. The first kappa shape index (κ1) is 8.77. The molecule has 0 fully saturated rings. The predicted octanol–water partition coefficient (Wildman–Crippen LogP) is 0.738. The van der Waals surface area contributed by atoms with Gasteiger partial charge in [-0.05, 0) is 12.8 Å². The molecule has 0 aromatic carbocycles. The fourth-order valence-corrected chi connectivity index (χ4v) is 1.23. The van der Waals surface area contributed by atoms with Crippen molar-refractivity contribution in [2.75, 3.05) is 0 Å². The van der Waals surface area contributed by atoms with E-state index < -0.39 is 23.8 Å². The maximum atomic E-state index is 10.4. The first-order valence-electron chi connectivity index (χ1n) is 3.75. The van der Waals surface area contributed by atoms with Crippen molar-refractivity contribution in [1.29, 1.82) is 0 Å². The van der Waals surface area contributed by atoms with E-state index in [-0.39, 0.29) is 0 Å². The Bertz CT molecular complexity index is 207. The average molecular weight is 170 g/mol. The summed E-state index contributed by atoms with van der Waals surface area (Å²) in [5.41, 5.74) is 0. The van der Waals surface area contributed by atoms with Crippen LogP contribution >= 0.6 is 0 Å². The molecule has 1 aliphatic carbocycles. The van der Waals surface area contributed by atoms with Crippen molar-refractivity contribution in [3.8, 4) is 0 Å². The van der Waals surface area contributed by atoms with Crippen LogP contribution in [0.3, 0.4) is 0 Å². The van der Waals surface area contributed by atoms with Crippen molar-refractivity contribution >= 4 is 11.9 Å². The molecule has 0 aromatic rings. The monoisotopic (exact) mass is 170 g/mol. The number of carboxylic acid groups (broad SMARTS) is 2. The van der Waals surface area contributed by atoms with Crippen molar-refractivity contribution in [2.24, 2.45) is 11.8 Å². The van der Waals surface area contributed by atoms with Crippen molar-refractivity contribution in [3.63, 3.8) is 0 Å². The molecule has 0 aromatic heterocycles. The molecule has 0 aliphatic heterocycles. The van der Waals surface area contributed by atoms with Gasteiger partial charge in [-0.15, -0.1) is 0 Å². The molecule has 0 amide bonds. The molecule has 0 saturated carbocycles. The van der Waals surface area contributed by atoms with Crippen LogP contribution in [0.25, 0.3) is 0 Å². The Morgan fingerprint density at radius 3 is 1.50 bits per heavy atom. The van der Waals surface area contributed by atoms with E-state index in [1.165, 1.54) is 12.2 Å². The Hall–Kier alpha value is -1.32. The van der Waals surface area contributed by atoms with E-state index in [0.717, 1.165) is 0 Å². The summed E-state index contributed by atoms with van der Waals surface area (Å²) in [7, 11) is 0. The highest BCUT2D eigenvalue weighted by Crippen LogP contribution is 2.22. The van der Waals surface area contributed by atoms with Gasteiger partial charge in [-0.2, -0.15) is 0 Å². The summed E-state index contributed by atoms with van der Waals surface area (Å²) in [4.78, 5) is 20.9. The zero-order valence-corrected chi connectivity index (χ0v) is 6.43. The fraction of sp³-hybridized carbons (Fsp3) is 0.500. The molecule has 0 unspecified atom stereocenters. The first-order valence-corrected chi connectivity index (χ1v) is 3.75. The lowest BCUT2D eigenvalue weighted by atomic mass is 9.89. The predicted molar refractivity (Wildman–Crippen MR) is 40.6 cm³/mol. The van der Waals surface area contributed by atoms with Crippen LogP contribution in [0, 0.1) is 11.8 Å². The summed E-state index contributed by atoms with van der Waals surface area (Å²) in [6.07, 6.45) is 3.76. The SMILES string of the molecule is O=C(O)[C@@H]1C=C[C@H](C(=O)O)CC1. The molecule has 12 heavy (non-hydrogen) atoms. The van der Waals surface area contributed by atoms with Gasteiger partial charge in [-0.3, -0.25) is 9.59 Å². The van der Waals surface area contributed by atoms with Crippen LogP contribution in [0.4, 0.5) is 0 Å². The molecule has 1 rings (SSSR count). The third-order valence-electron chi connectivity index (χ3n) is 2.00. The number of aliphatic carboxylic acids is 2. The Morgan fingerprint density at radius 2 is 1.33 bits per heavy atom. The van der Waals surface area contributed by atoms with Gasteiger partial charge >= 0.3 is 11.9 Å². The summed E-state index contributed by atoms with van der Waals surface area (Å²) in [6.45, 7) is 0. The minimum atomic E-state index is -0.880. The van der Waals surface area contributed by atoms with E-state index in [2.05, 4.69) is 0 Å². The largest absolute Gasteiger partial charge is 0.481 e. The first-order chi connectivity index (χ1) is 5.61. The molecule has 2 N–H and O–H groups in total. The van der Waals surface area contributed by atoms with Gasteiger partial charge < -0.3 is 10.2 Å². The number of hydrogen-bond acceptors (Lipinski definition) is 2. The standard InChI is InChI=1S/C8H10O4/c9-7(10)5-1-2-6(4-3-5)8(11)12/h1-2,5-6H,3-4H2,(H,9,10)(H,11,12)/t5-,6+. The van der Waals surface area contributed by atoms with Crippen LogP contribution in [0.5, 0.6) is 0 Å². The van der Waals surface area contributed by atoms with E-state index in [9.17, 15) is 9.59 Å². The highest BCUT2D eigenvalue weighted by molar-refractivity contribution is 5.75. The second-order valence-electron chi connectivity index (χ2n) is 2.85. The number of rotatable bonds is 2. The van der Waals surface area contributed by atoms with Gasteiger partial charge in [0.25, 0.3) is 0 Å². The van der Waals surface area contributed by atoms with Crippen molar-refractivity contribution < 1.29 is 19.8 Å². The zero-order valence-electron chi connectivity index (χ0n) is 6.43. The van der Waals surface area contributed by atoms with Gasteiger partial charge in [-0.25, -0.2) is 0 Å². The van der Waals surface area contributed by atoms with Crippen LogP contribution in [0.1, 0.15) is 12.8 Å². The van der Waals surface area contributed by atoms with Crippen molar-refractivity contribution in [2.45, 2.75) is 12.8 Å². The van der Waals surface area contributed by atoms with Gasteiger partial charge in [0.05, 0.1) is 11.8 Å². The lowest BCUT2D eigenvalue weighted by Crippen LogP contribution is -2.20. The zero-order chi connectivity index (χ0) is 9.14. The quantitative estimate of drug-likeness (QED) is 0.599. The Balaban J connectivity index is 2.59. The lowest BCUT2D eigenvalue weighted by molar-refractivity contribution is -0.143. The number of carbonyl (C=O) groups is 2. The Labute approximate surface area is 69.5 Å². The van der Waals surface area contributed by atoms with Gasteiger partial charge in [0, 0.05) is 0 Å². The summed E-state index contributed by atoms with van der Waals surface area (Å²) in [5, 5.41) is 17.1. The minimum absolute atomic E-state index is 0.419. The topological polar surface area (TPSA) is 74.6 Å². The van der Waals surface area contributed by atoms with Gasteiger partial charge in [0.15, 0.2) is 0 Å². The summed E-state index contributed by atoms with van der Waals surface area (Å²) in [5.74, 6) is -2.76. The van der Waals surface area contributed by atoms with Crippen LogP contribution in [-0.2, 0) is 9.59 Å². The van der Waals surface area contributed by atoms with Gasteiger partial charge in [-0.1, -0.05) is 12.2 Å². The molecule has 0 bridgehead atoms. The maximum Gasteiger partial charge on any atom is 0.310 e. The summed E-state index contributed by atoms with van der Waals surface area (Å²) < 4.78 is 0. The molecule has 0 saturated heterocycles. The molecule has 1 aliphatic rings. The van der Waals surface area contributed by atoms with Crippen LogP contribution in [0.15, 0.2) is 12.2 Å². The molecule has 0 spiro atoms. The third kappa shape index (κ3) is 1.84. The molecular formula is C8H10O4. The fourth-order valence-electron chi connectivity index (χ4n) is 1.23. The molecule has 0 heterocycles. The van der Waals surface area contributed by atoms with E-state index in [0.29, 0.717) is 12.8 Å². The molecule has 66 valence electrons. The normalized spacial score (nSPS) is 28.3. The molecule has 0 radical (unpaired) electrons. The Morgan fingerprint density at radius 1 is 1.00 bits per heavy atom. The smallest absolute Gasteiger partial charge is 0.310 e. The maximum absolute atomic E-state index is 10.4. The lowest BCUT2D eigenvalue weighted by Gasteiger charge is -2.16. The molecule has 4 nitrogen and oxygen atoms in total. The van der Waals surface area contributed by atoms with Crippen LogP contribution in [-0.4, -0.2) is 22.2 Å². The second-order valence-corrected chi connectivity index (χ2v) is 2.85. The van der Waals surface area contributed by atoms with E-state index >= 15 is 0 Å². The van der Waals surface area contributed by atoms with Gasteiger partial charge in [0.1, 0.15) is 0 Å². The third-order valence-corrected chi connectivity index (χ3v) is 2.00. The molecular weight excluding hydrogens is 160 g/mol. The minimum Gasteiger partial charge on any atom is -0.481 e. The van der Waals surface area contributed by atoms with E-state index in [1.807, 2.05) is 0 Å². The number of hydrogen-bond donors (Lipinski definition) is 2. The highest BCUT2D eigenvalue weighted by Gasteiger charge is 2.24. The van der Waals surface area contributed by atoms with E-state index in [4.69, 9.17) is 10.2 Å². The second kappa shape index (κ2) is 3.38. The van der Waals surface area contributed by atoms with Crippen molar-refractivity contribution in [3.05, 3.63) is 12.2 Å². The van der Waals surface area contributed by atoms with E-state index in [1.54, 1.807) is 0 Å². The average Bonchev–Trinajstić information content (AvgIpc) is 2.04. The molecule has 4 heteroatoms. The van der Waals surface area contributed by atoms with Crippen molar-refractivity contribution in [1.82, 2.24) is 0 Å². The molecule has 2 atom stereocenters. The Kier molecular flexibility index (Phi) is 2.47.